The highest BCUT2D eigenvalue weighted by molar-refractivity contribution is 5.16. The summed E-state index contributed by atoms with van der Waals surface area (Å²) in [6.07, 6.45) is -0.498. The lowest BCUT2D eigenvalue weighted by Crippen LogP contribution is -2.32. The molecule has 4 heteroatoms. The molecular weight excluding hydrogens is 220 g/mol. The average Bonchev–Trinajstić information content (AvgIpc) is 2.61. The topological polar surface area (TPSA) is 47.9 Å². The van der Waals surface area contributed by atoms with Crippen LogP contribution in [0.4, 0.5) is 0 Å². The van der Waals surface area contributed by atoms with Crippen molar-refractivity contribution in [1.29, 1.82) is 0 Å². The van der Waals surface area contributed by atoms with Crippen molar-refractivity contribution in [1.82, 2.24) is 0 Å². The number of rotatable bonds is 1. The van der Waals surface area contributed by atoms with Crippen LogP contribution in [-0.4, -0.2) is 36.6 Å². The van der Waals surface area contributed by atoms with Crippen LogP contribution >= 0.6 is 0 Å². The van der Waals surface area contributed by atoms with Gasteiger partial charge in [-0.2, -0.15) is 0 Å². The minimum Gasteiger partial charge on any atom is -0.388 e. The van der Waals surface area contributed by atoms with E-state index in [0.717, 1.165) is 12.0 Å². The maximum Gasteiger partial charge on any atom is 0.184 e. The molecule has 1 aromatic rings. The van der Waals surface area contributed by atoms with Crippen LogP contribution in [0.1, 0.15) is 18.3 Å². The summed E-state index contributed by atoms with van der Waals surface area (Å²) in [5.41, 5.74) is 0.979. The summed E-state index contributed by atoms with van der Waals surface area (Å²) in [6, 6.07) is 9.79. The summed E-state index contributed by atoms with van der Waals surface area (Å²) < 4.78 is 17.0. The first-order chi connectivity index (χ1) is 8.34. The fourth-order valence-electron chi connectivity index (χ4n) is 2.34. The highest BCUT2D eigenvalue weighted by Crippen LogP contribution is 2.31. The van der Waals surface area contributed by atoms with Gasteiger partial charge in [-0.25, -0.2) is 0 Å². The van der Waals surface area contributed by atoms with Crippen molar-refractivity contribution in [3.8, 4) is 0 Å². The molecule has 2 heterocycles. The van der Waals surface area contributed by atoms with Gasteiger partial charge in [0.2, 0.25) is 0 Å². The average molecular weight is 236 g/mol. The molecular formula is C13H16O4. The summed E-state index contributed by atoms with van der Waals surface area (Å²) in [5.74, 6) is 0. The van der Waals surface area contributed by atoms with Crippen LogP contribution in [0.25, 0.3) is 0 Å². The zero-order valence-electron chi connectivity index (χ0n) is 9.49. The fourth-order valence-corrected chi connectivity index (χ4v) is 2.34. The Kier molecular flexibility index (Phi) is 3.11. The second kappa shape index (κ2) is 4.74. The molecule has 92 valence electrons. The van der Waals surface area contributed by atoms with Gasteiger partial charge in [-0.1, -0.05) is 30.3 Å². The SMILES string of the molecule is O[C@@H]1CO[C@@H]2CCOC(c3ccccc3)O[C@@H]12. The Morgan fingerprint density at radius 1 is 1.12 bits per heavy atom. The van der Waals surface area contributed by atoms with E-state index in [1.54, 1.807) is 0 Å². The maximum atomic E-state index is 9.81. The van der Waals surface area contributed by atoms with Gasteiger partial charge in [-0.3, -0.25) is 0 Å². The maximum absolute atomic E-state index is 9.81. The molecule has 4 atom stereocenters. The lowest BCUT2D eigenvalue weighted by molar-refractivity contribution is -0.175. The van der Waals surface area contributed by atoms with Crippen LogP contribution in [0.5, 0.6) is 0 Å². The van der Waals surface area contributed by atoms with E-state index in [2.05, 4.69) is 0 Å². The first kappa shape index (κ1) is 11.2. The number of benzene rings is 1. The van der Waals surface area contributed by atoms with Crippen molar-refractivity contribution in [3.05, 3.63) is 35.9 Å². The van der Waals surface area contributed by atoms with Gasteiger partial charge in [0.25, 0.3) is 0 Å². The molecule has 1 N–H and O–H groups in total. The number of aliphatic hydroxyl groups excluding tert-OH is 1. The van der Waals surface area contributed by atoms with E-state index in [1.807, 2.05) is 30.3 Å². The minimum absolute atomic E-state index is 0.0429. The largest absolute Gasteiger partial charge is 0.388 e. The third-order valence-electron chi connectivity index (χ3n) is 3.25. The van der Waals surface area contributed by atoms with Crippen molar-refractivity contribution < 1.29 is 19.3 Å². The molecule has 0 aromatic heterocycles. The van der Waals surface area contributed by atoms with Crippen molar-refractivity contribution in [3.63, 3.8) is 0 Å². The van der Waals surface area contributed by atoms with E-state index in [0.29, 0.717) is 13.2 Å². The molecule has 0 aliphatic carbocycles. The zero-order valence-corrected chi connectivity index (χ0v) is 9.49. The van der Waals surface area contributed by atoms with Gasteiger partial charge in [-0.15, -0.1) is 0 Å². The molecule has 2 aliphatic rings. The molecule has 1 aromatic carbocycles. The van der Waals surface area contributed by atoms with E-state index in [9.17, 15) is 5.11 Å². The van der Waals surface area contributed by atoms with Crippen molar-refractivity contribution in [2.45, 2.75) is 31.0 Å². The van der Waals surface area contributed by atoms with Gasteiger partial charge >= 0.3 is 0 Å². The smallest absolute Gasteiger partial charge is 0.184 e. The normalized spacial score (nSPS) is 37.5. The van der Waals surface area contributed by atoms with Gasteiger partial charge in [0, 0.05) is 5.56 Å². The lowest BCUT2D eigenvalue weighted by Gasteiger charge is -2.22. The Hall–Kier alpha value is -0.940. The van der Waals surface area contributed by atoms with Crippen molar-refractivity contribution in [2.24, 2.45) is 0 Å². The van der Waals surface area contributed by atoms with Crippen LogP contribution in [0.15, 0.2) is 30.3 Å². The number of hydrogen-bond acceptors (Lipinski definition) is 4. The predicted molar refractivity (Wildman–Crippen MR) is 60.4 cm³/mol. The molecule has 2 saturated heterocycles. The first-order valence-corrected chi connectivity index (χ1v) is 5.96. The molecule has 2 fully saturated rings. The fraction of sp³-hybridized carbons (Fsp3) is 0.538. The minimum atomic E-state index is -0.548. The summed E-state index contributed by atoms with van der Waals surface area (Å²) >= 11 is 0. The molecule has 0 bridgehead atoms. The monoisotopic (exact) mass is 236 g/mol. The second-order valence-electron chi connectivity index (χ2n) is 4.44. The van der Waals surface area contributed by atoms with E-state index < -0.39 is 12.4 Å². The summed E-state index contributed by atoms with van der Waals surface area (Å²) in [5, 5.41) is 9.81. The predicted octanol–water partition coefficient (Wildman–Crippen LogP) is 1.25. The van der Waals surface area contributed by atoms with Gasteiger partial charge in [0.15, 0.2) is 6.29 Å². The molecule has 0 spiro atoms. The van der Waals surface area contributed by atoms with Gasteiger partial charge in [-0.05, 0) is 6.42 Å². The summed E-state index contributed by atoms with van der Waals surface area (Å²) in [7, 11) is 0. The Morgan fingerprint density at radius 3 is 2.76 bits per heavy atom. The first-order valence-electron chi connectivity index (χ1n) is 5.96. The number of ether oxygens (including phenoxy) is 3. The van der Waals surface area contributed by atoms with Gasteiger partial charge in [0.1, 0.15) is 12.2 Å². The molecule has 1 unspecified atom stereocenters. The van der Waals surface area contributed by atoms with Gasteiger partial charge in [0.05, 0.1) is 19.3 Å². The van der Waals surface area contributed by atoms with E-state index in [4.69, 9.17) is 14.2 Å². The van der Waals surface area contributed by atoms with E-state index in [1.165, 1.54) is 0 Å². The Morgan fingerprint density at radius 2 is 1.94 bits per heavy atom. The molecule has 0 radical (unpaired) electrons. The third-order valence-corrected chi connectivity index (χ3v) is 3.25. The number of fused-ring (bicyclic) bond motifs is 1. The van der Waals surface area contributed by atoms with Crippen molar-refractivity contribution >= 4 is 0 Å². The highest BCUT2D eigenvalue weighted by Gasteiger charge is 2.40. The standard InChI is InChI=1S/C13H16O4/c14-10-8-16-11-6-7-15-13(17-12(10)11)9-4-2-1-3-5-9/h1-5,10-14H,6-8H2/t10-,11-,12+,13?/m1/s1. The molecule has 0 amide bonds. The highest BCUT2D eigenvalue weighted by atomic mass is 16.7. The second-order valence-corrected chi connectivity index (χ2v) is 4.44. The van der Waals surface area contributed by atoms with E-state index in [-0.39, 0.29) is 12.2 Å². The Labute approximate surface area is 100 Å². The van der Waals surface area contributed by atoms with Crippen LogP contribution in [0.2, 0.25) is 0 Å². The van der Waals surface area contributed by atoms with Crippen LogP contribution in [-0.2, 0) is 14.2 Å². The number of aliphatic hydroxyl groups is 1. The van der Waals surface area contributed by atoms with Crippen LogP contribution in [0, 0.1) is 0 Å². The molecule has 2 aliphatic heterocycles. The van der Waals surface area contributed by atoms with Crippen LogP contribution < -0.4 is 0 Å². The number of hydrogen-bond donors (Lipinski definition) is 1. The molecule has 4 nitrogen and oxygen atoms in total. The zero-order chi connectivity index (χ0) is 11.7. The quantitative estimate of drug-likeness (QED) is 0.797. The summed E-state index contributed by atoms with van der Waals surface area (Å²) in [4.78, 5) is 0. The van der Waals surface area contributed by atoms with Crippen LogP contribution in [0.3, 0.4) is 0 Å². The lowest BCUT2D eigenvalue weighted by atomic mass is 10.1. The third kappa shape index (κ3) is 2.21. The Bertz CT molecular complexity index is 367. The van der Waals surface area contributed by atoms with Gasteiger partial charge < -0.3 is 19.3 Å². The van der Waals surface area contributed by atoms with Crippen molar-refractivity contribution in [2.75, 3.05) is 13.2 Å². The van der Waals surface area contributed by atoms with E-state index >= 15 is 0 Å². The molecule has 17 heavy (non-hydrogen) atoms. The molecule has 3 rings (SSSR count). The summed E-state index contributed by atoms with van der Waals surface area (Å²) in [6.45, 7) is 0.949. The molecule has 0 saturated carbocycles. The Balaban J connectivity index is 1.78.